The molecule has 0 amide bonds. The Labute approximate surface area is 255 Å². The highest BCUT2D eigenvalue weighted by Gasteiger charge is 2.33. The zero-order chi connectivity index (χ0) is 32.0. The van der Waals surface area contributed by atoms with Gasteiger partial charge in [0.1, 0.15) is 18.1 Å². The second kappa shape index (κ2) is 17.7. The predicted octanol–water partition coefficient (Wildman–Crippen LogP) is 8.09. The molecule has 0 aliphatic heterocycles. The van der Waals surface area contributed by atoms with Crippen LogP contribution in [0, 0.1) is 17.7 Å². The average molecular weight is 602 g/mol. The SMILES string of the molecule is CC/C=C/Oc1cc(O[C@@H](C)[C@@H](C)C[C@@H](F)CNC)nc(-c2noc(C(C)(C)c3ccccc3F)n2)n1.CCC(C)CC. The van der Waals surface area contributed by atoms with E-state index in [0.717, 1.165) is 12.3 Å². The van der Waals surface area contributed by atoms with Crippen molar-refractivity contribution < 1.29 is 22.8 Å². The Morgan fingerprint density at radius 3 is 2.28 bits per heavy atom. The van der Waals surface area contributed by atoms with E-state index in [1.807, 2.05) is 26.8 Å². The fraction of sp³-hybridized carbons (Fsp3) is 0.576. The molecule has 0 fully saturated rings. The normalized spacial score (nSPS) is 13.9. The van der Waals surface area contributed by atoms with Crippen molar-refractivity contribution in [1.29, 1.82) is 0 Å². The van der Waals surface area contributed by atoms with Gasteiger partial charge in [0, 0.05) is 12.1 Å². The lowest BCUT2D eigenvalue weighted by atomic mass is 9.84. The van der Waals surface area contributed by atoms with Crippen LogP contribution in [0.3, 0.4) is 0 Å². The van der Waals surface area contributed by atoms with Gasteiger partial charge in [-0.05, 0) is 64.6 Å². The van der Waals surface area contributed by atoms with Crippen LogP contribution in [0.2, 0.25) is 0 Å². The van der Waals surface area contributed by atoms with Crippen molar-refractivity contribution in [2.45, 2.75) is 98.8 Å². The minimum atomic E-state index is -0.986. The van der Waals surface area contributed by atoms with E-state index in [1.165, 1.54) is 25.2 Å². The lowest BCUT2D eigenvalue weighted by Gasteiger charge is -2.22. The molecule has 0 unspecified atom stereocenters. The van der Waals surface area contributed by atoms with Gasteiger partial charge in [-0.1, -0.05) is 70.8 Å². The van der Waals surface area contributed by atoms with E-state index in [2.05, 4.69) is 46.2 Å². The van der Waals surface area contributed by atoms with Crippen molar-refractivity contribution in [3.8, 4) is 23.4 Å². The van der Waals surface area contributed by atoms with Crippen LogP contribution in [-0.4, -0.2) is 46.0 Å². The molecular formula is C33H49F2N5O3. The number of hydrogen-bond donors (Lipinski definition) is 1. The van der Waals surface area contributed by atoms with Gasteiger partial charge in [0.05, 0.1) is 17.7 Å². The van der Waals surface area contributed by atoms with Gasteiger partial charge in [0.2, 0.25) is 29.3 Å². The molecule has 2 aromatic heterocycles. The van der Waals surface area contributed by atoms with Crippen molar-refractivity contribution in [3.63, 3.8) is 0 Å². The molecule has 0 saturated heterocycles. The number of hydrogen-bond acceptors (Lipinski definition) is 8. The molecule has 0 radical (unpaired) electrons. The van der Waals surface area contributed by atoms with Crippen molar-refractivity contribution in [2.75, 3.05) is 13.6 Å². The summed E-state index contributed by atoms with van der Waals surface area (Å²) in [6.07, 6.45) is 5.81. The van der Waals surface area contributed by atoms with Crippen LogP contribution in [0.15, 0.2) is 47.2 Å². The van der Waals surface area contributed by atoms with Crippen molar-refractivity contribution in [2.24, 2.45) is 11.8 Å². The zero-order valence-corrected chi connectivity index (χ0v) is 27.2. The summed E-state index contributed by atoms with van der Waals surface area (Å²) in [6.45, 7) is 16.4. The number of nitrogens with zero attached hydrogens (tertiary/aromatic N) is 4. The van der Waals surface area contributed by atoms with Gasteiger partial charge < -0.3 is 19.3 Å². The summed E-state index contributed by atoms with van der Waals surface area (Å²) in [4.78, 5) is 13.3. The Kier molecular flexibility index (Phi) is 14.7. The molecular weight excluding hydrogens is 552 g/mol. The van der Waals surface area contributed by atoms with E-state index >= 15 is 0 Å². The summed E-state index contributed by atoms with van der Waals surface area (Å²) in [5.74, 6) is 1.37. The Morgan fingerprint density at radius 2 is 1.67 bits per heavy atom. The van der Waals surface area contributed by atoms with E-state index < -0.39 is 11.6 Å². The molecule has 2 heterocycles. The number of nitrogens with one attached hydrogen (secondary N) is 1. The summed E-state index contributed by atoms with van der Waals surface area (Å²) < 4.78 is 45.8. The predicted molar refractivity (Wildman–Crippen MR) is 166 cm³/mol. The number of benzene rings is 1. The van der Waals surface area contributed by atoms with Gasteiger partial charge in [-0.3, -0.25) is 0 Å². The molecule has 3 atom stereocenters. The molecule has 0 bridgehead atoms. The molecule has 43 heavy (non-hydrogen) atoms. The number of alkyl halides is 1. The highest BCUT2D eigenvalue weighted by atomic mass is 19.1. The average Bonchev–Trinajstić information content (AvgIpc) is 3.49. The van der Waals surface area contributed by atoms with Crippen molar-refractivity contribution in [3.05, 3.63) is 59.9 Å². The molecule has 1 N–H and O–H groups in total. The van der Waals surface area contributed by atoms with Crippen LogP contribution in [0.1, 0.15) is 92.5 Å². The third kappa shape index (κ3) is 11.0. The molecule has 1 aromatic carbocycles. The largest absolute Gasteiger partial charge is 0.474 e. The smallest absolute Gasteiger partial charge is 0.240 e. The first-order chi connectivity index (χ1) is 20.5. The summed E-state index contributed by atoms with van der Waals surface area (Å²) in [5.41, 5.74) is -0.474. The van der Waals surface area contributed by atoms with Crippen molar-refractivity contribution in [1.82, 2.24) is 25.4 Å². The number of allylic oxidation sites excluding steroid dienone is 1. The minimum absolute atomic E-state index is 0.0792. The second-order valence-corrected chi connectivity index (χ2v) is 11.4. The summed E-state index contributed by atoms with van der Waals surface area (Å²) in [6, 6.07) is 7.99. The van der Waals surface area contributed by atoms with Gasteiger partial charge in [-0.2, -0.15) is 15.0 Å². The van der Waals surface area contributed by atoms with Crippen LogP contribution < -0.4 is 14.8 Å². The van der Waals surface area contributed by atoms with Crippen LogP contribution in [0.25, 0.3) is 11.6 Å². The van der Waals surface area contributed by atoms with Crippen LogP contribution in [0.4, 0.5) is 8.78 Å². The first-order valence-electron chi connectivity index (χ1n) is 15.2. The maximum atomic E-state index is 14.5. The highest BCUT2D eigenvalue weighted by Crippen LogP contribution is 2.33. The third-order valence-corrected chi connectivity index (χ3v) is 7.46. The fourth-order valence-corrected chi connectivity index (χ4v) is 3.99. The molecule has 8 nitrogen and oxygen atoms in total. The van der Waals surface area contributed by atoms with E-state index in [1.54, 1.807) is 45.2 Å². The molecule has 10 heteroatoms. The monoisotopic (exact) mass is 601 g/mol. The van der Waals surface area contributed by atoms with E-state index in [9.17, 15) is 8.78 Å². The van der Waals surface area contributed by atoms with Gasteiger partial charge in [-0.25, -0.2) is 8.78 Å². The van der Waals surface area contributed by atoms with Gasteiger partial charge in [0.25, 0.3) is 0 Å². The molecule has 238 valence electrons. The van der Waals surface area contributed by atoms with Crippen molar-refractivity contribution >= 4 is 0 Å². The Bertz CT molecular complexity index is 1260. The quantitative estimate of drug-likeness (QED) is 0.175. The minimum Gasteiger partial charge on any atom is -0.474 e. The maximum Gasteiger partial charge on any atom is 0.240 e. The van der Waals surface area contributed by atoms with Crippen LogP contribution in [0.5, 0.6) is 11.8 Å². The van der Waals surface area contributed by atoms with E-state index in [-0.39, 0.29) is 53.7 Å². The third-order valence-electron chi connectivity index (χ3n) is 7.46. The van der Waals surface area contributed by atoms with Crippen LogP contribution in [-0.2, 0) is 5.41 Å². The number of ether oxygens (including phenoxy) is 2. The van der Waals surface area contributed by atoms with E-state index in [4.69, 9.17) is 14.0 Å². The van der Waals surface area contributed by atoms with Gasteiger partial charge in [-0.15, -0.1) is 0 Å². The summed E-state index contributed by atoms with van der Waals surface area (Å²) in [7, 11) is 1.72. The second-order valence-electron chi connectivity index (χ2n) is 11.4. The number of rotatable bonds is 15. The summed E-state index contributed by atoms with van der Waals surface area (Å²) in [5, 5.41) is 6.88. The highest BCUT2D eigenvalue weighted by molar-refractivity contribution is 5.46. The number of aromatic nitrogens is 4. The first kappa shape index (κ1) is 35.8. The molecule has 0 spiro atoms. The Balaban J connectivity index is 0.000000973. The van der Waals surface area contributed by atoms with Gasteiger partial charge >= 0.3 is 0 Å². The fourth-order valence-electron chi connectivity index (χ4n) is 3.99. The van der Waals surface area contributed by atoms with Crippen LogP contribution >= 0.6 is 0 Å². The molecule has 0 aliphatic rings. The first-order valence-corrected chi connectivity index (χ1v) is 15.2. The standard InChI is InChI=1S/C27H35F2N5O3.C6H14/c1-7-8-13-35-22-15-23(36-18(3)17(2)14-19(28)16-30-6)32-24(31-22)25-33-26(37-34-25)27(4,5)20-11-9-10-12-21(20)29;1-4-6(3)5-2/h8-13,15,17-19,30H,7,14,16H2,1-6H3;6H,4-5H2,1-3H3/b13-8+;/t17-,18-,19+;/m0./s1. The topological polar surface area (TPSA) is 95.2 Å². The molecule has 0 saturated carbocycles. The van der Waals surface area contributed by atoms with E-state index in [0.29, 0.717) is 12.0 Å². The lowest BCUT2D eigenvalue weighted by Crippen LogP contribution is -2.28. The summed E-state index contributed by atoms with van der Waals surface area (Å²) >= 11 is 0. The van der Waals surface area contributed by atoms with Gasteiger partial charge in [0.15, 0.2) is 0 Å². The number of halogens is 2. The Morgan fingerprint density at radius 1 is 1.00 bits per heavy atom. The Hall–Kier alpha value is -3.40. The molecule has 0 aliphatic carbocycles. The lowest BCUT2D eigenvalue weighted by molar-refractivity contribution is 0.126. The zero-order valence-electron chi connectivity index (χ0n) is 27.2. The molecule has 3 rings (SSSR count). The molecule has 3 aromatic rings. The maximum absolute atomic E-state index is 14.5.